The number of rotatable bonds is 3. The second-order valence-corrected chi connectivity index (χ2v) is 7.35. The topological polar surface area (TPSA) is 30.0 Å². The summed E-state index contributed by atoms with van der Waals surface area (Å²) in [5.41, 5.74) is 1.83. The Hall–Kier alpha value is -1.23. The molecular formula is C16H11BrClNOS. The van der Waals surface area contributed by atoms with E-state index in [0.29, 0.717) is 15.8 Å². The van der Waals surface area contributed by atoms with Gasteiger partial charge in [-0.25, -0.2) is 4.98 Å². The molecule has 21 heavy (non-hydrogen) atoms. The summed E-state index contributed by atoms with van der Waals surface area (Å²) < 4.78 is 13.4. The minimum absolute atomic E-state index is 0.437. The minimum Gasteiger partial charge on any atom is -0.252 e. The van der Waals surface area contributed by atoms with E-state index in [2.05, 4.69) is 20.9 Å². The summed E-state index contributed by atoms with van der Waals surface area (Å²) in [5.74, 6) is 0.437. The molecule has 3 aromatic rings. The van der Waals surface area contributed by atoms with Crippen molar-refractivity contribution >= 4 is 49.2 Å². The van der Waals surface area contributed by atoms with E-state index in [1.807, 2.05) is 42.5 Å². The Labute approximate surface area is 138 Å². The van der Waals surface area contributed by atoms with Crippen LogP contribution >= 0.6 is 27.5 Å². The van der Waals surface area contributed by atoms with Crippen LogP contribution in [0.5, 0.6) is 0 Å². The predicted molar refractivity (Wildman–Crippen MR) is 91.0 cm³/mol. The number of pyridine rings is 1. The van der Waals surface area contributed by atoms with Crippen molar-refractivity contribution in [3.05, 3.63) is 69.7 Å². The Morgan fingerprint density at radius 2 is 1.81 bits per heavy atom. The van der Waals surface area contributed by atoms with Crippen molar-refractivity contribution in [2.45, 2.75) is 10.8 Å². The maximum Gasteiger partial charge on any atom is 0.128 e. The molecule has 0 aliphatic carbocycles. The first kappa shape index (κ1) is 14.7. The van der Waals surface area contributed by atoms with Gasteiger partial charge in [-0.1, -0.05) is 45.7 Å². The zero-order chi connectivity index (χ0) is 14.8. The maximum absolute atomic E-state index is 12.4. The molecule has 0 aliphatic rings. The number of nitrogens with zero attached hydrogens (tertiary/aromatic N) is 1. The number of fused-ring (bicyclic) bond motifs is 1. The molecule has 1 aromatic heterocycles. The van der Waals surface area contributed by atoms with Crippen molar-refractivity contribution in [3.8, 4) is 0 Å². The summed E-state index contributed by atoms with van der Waals surface area (Å²) in [4.78, 5) is 4.48. The van der Waals surface area contributed by atoms with Gasteiger partial charge in [0.25, 0.3) is 0 Å². The fourth-order valence-electron chi connectivity index (χ4n) is 2.01. The van der Waals surface area contributed by atoms with E-state index in [1.165, 1.54) is 0 Å². The molecule has 0 radical (unpaired) electrons. The highest BCUT2D eigenvalue weighted by Crippen LogP contribution is 2.20. The minimum atomic E-state index is -1.17. The van der Waals surface area contributed by atoms with Crippen LogP contribution in [0.4, 0.5) is 0 Å². The highest BCUT2D eigenvalue weighted by Gasteiger charge is 2.08. The highest BCUT2D eigenvalue weighted by molar-refractivity contribution is 9.10. The largest absolute Gasteiger partial charge is 0.252 e. The van der Waals surface area contributed by atoms with E-state index >= 15 is 0 Å². The van der Waals surface area contributed by atoms with Gasteiger partial charge in [-0.2, -0.15) is 0 Å². The van der Waals surface area contributed by atoms with Gasteiger partial charge in [0, 0.05) is 14.9 Å². The van der Waals surface area contributed by atoms with Gasteiger partial charge in [-0.15, -0.1) is 0 Å². The van der Waals surface area contributed by atoms with E-state index in [0.717, 1.165) is 20.9 Å². The standard InChI is InChI=1S/C16H11BrClNOS/c17-13-4-7-15-12(9-13)3-8-16(19-15)21(20)10-11-1-5-14(18)6-2-11/h1-9H,10H2. The number of benzene rings is 2. The molecule has 2 nitrogen and oxygen atoms in total. The molecule has 5 heteroatoms. The lowest BCUT2D eigenvalue weighted by molar-refractivity contribution is 0.680. The first-order chi connectivity index (χ1) is 10.1. The van der Waals surface area contributed by atoms with Crippen LogP contribution in [0, 0.1) is 0 Å². The molecule has 0 aliphatic heterocycles. The van der Waals surface area contributed by atoms with Gasteiger partial charge in [0.1, 0.15) is 5.03 Å². The zero-order valence-corrected chi connectivity index (χ0v) is 14.1. The summed E-state index contributed by atoms with van der Waals surface area (Å²) in [6.45, 7) is 0. The molecule has 1 unspecified atom stereocenters. The molecule has 3 rings (SSSR count). The Morgan fingerprint density at radius 1 is 1.05 bits per heavy atom. The van der Waals surface area contributed by atoms with E-state index in [4.69, 9.17) is 11.6 Å². The molecule has 1 heterocycles. The van der Waals surface area contributed by atoms with Gasteiger partial charge in [-0.3, -0.25) is 4.21 Å². The van der Waals surface area contributed by atoms with E-state index in [9.17, 15) is 4.21 Å². The number of halogens is 2. The van der Waals surface area contributed by atoms with Crippen molar-refractivity contribution in [2.75, 3.05) is 0 Å². The Kier molecular flexibility index (Phi) is 4.38. The molecule has 0 fully saturated rings. The van der Waals surface area contributed by atoms with Crippen LogP contribution in [0.2, 0.25) is 5.02 Å². The lowest BCUT2D eigenvalue weighted by atomic mass is 10.2. The Balaban J connectivity index is 1.87. The van der Waals surface area contributed by atoms with Crippen molar-refractivity contribution < 1.29 is 4.21 Å². The van der Waals surface area contributed by atoms with Crippen LogP contribution in [0.1, 0.15) is 5.56 Å². The third kappa shape index (κ3) is 3.51. The van der Waals surface area contributed by atoms with Crippen molar-refractivity contribution in [1.29, 1.82) is 0 Å². The lowest BCUT2D eigenvalue weighted by Crippen LogP contribution is -1.99. The second-order valence-electron chi connectivity index (χ2n) is 4.60. The first-order valence-electron chi connectivity index (χ1n) is 6.31. The highest BCUT2D eigenvalue weighted by atomic mass is 79.9. The first-order valence-corrected chi connectivity index (χ1v) is 8.80. The normalized spacial score (nSPS) is 12.5. The van der Waals surface area contributed by atoms with Gasteiger partial charge >= 0.3 is 0 Å². The van der Waals surface area contributed by atoms with Gasteiger partial charge in [0.2, 0.25) is 0 Å². The molecule has 0 amide bonds. The third-order valence-corrected chi connectivity index (χ3v) is 5.10. The van der Waals surface area contributed by atoms with Gasteiger partial charge in [-0.05, 0) is 42.0 Å². The van der Waals surface area contributed by atoms with Crippen LogP contribution in [-0.4, -0.2) is 9.19 Å². The van der Waals surface area contributed by atoms with Crippen LogP contribution in [-0.2, 0) is 16.6 Å². The van der Waals surface area contributed by atoms with Crippen molar-refractivity contribution in [1.82, 2.24) is 4.98 Å². The summed E-state index contributed by atoms with van der Waals surface area (Å²) in [7, 11) is -1.17. The number of hydrogen-bond donors (Lipinski definition) is 0. The molecular weight excluding hydrogens is 370 g/mol. The SMILES string of the molecule is O=S(Cc1ccc(Cl)cc1)c1ccc2cc(Br)ccc2n1. The van der Waals surface area contributed by atoms with Crippen molar-refractivity contribution in [3.63, 3.8) is 0 Å². The number of hydrogen-bond acceptors (Lipinski definition) is 2. The van der Waals surface area contributed by atoms with Crippen LogP contribution < -0.4 is 0 Å². The molecule has 0 bridgehead atoms. The smallest absolute Gasteiger partial charge is 0.128 e. The maximum atomic E-state index is 12.4. The molecule has 0 spiro atoms. The predicted octanol–water partition coefficient (Wildman–Crippen LogP) is 4.96. The molecule has 2 aromatic carbocycles. The average Bonchev–Trinajstić information content (AvgIpc) is 2.49. The van der Waals surface area contributed by atoms with Crippen LogP contribution in [0.15, 0.2) is 64.1 Å². The van der Waals surface area contributed by atoms with Gasteiger partial charge < -0.3 is 0 Å². The zero-order valence-electron chi connectivity index (χ0n) is 10.9. The Morgan fingerprint density at radius 3 is 2.57 bits per heavy atom. The molecule has 0 N–H and O–H groups in total. The number of aromatic nitrogens is 1. The monoisotopic (exact) mass is 379 g/mol. The molecule has 0 saturated carbocycles. The lowest BCUT2D eigenvalue weighted by Gasteiger charge is -2.04. The third-order valence-electron chi connectivity index (χ3n) is 3.07. The molecule has 0 saturated heterocycles. The Bertz CT molecular complexity index is 820. The summed E-state index contributed by atoms with van der Waals surface area (Å²) in [6.07, 6.45) is 0. The summed E-state index contributed by atoms with van der Waals surface area (Å²) >= 11 is 9.28. The van der Waals surface area contributed by atoms with Crippen LogP contribution in [0.3, 0.4) is 0 Å². The average molecular weight is 381 g/mol. The summed E-state index contributed by atoms with van der Waals surface area (Å²) in [5, 5.41) is 2.30. The second kappa shape index (κ2) is 6.26. The molecule has 1 atom stereocenters. The fraction of sp³-hybridized carbons (Fsp3) is 0.0625. The van der Waals surface area contributed by atoms with Gasteiger partial charge in [0.15, 0.2) is 0 Å². The fourth-order valence-corrected chi connectivity index (χ4v) is 3.58. The van der Waals surface area contributed by atoms with E-state index in [-0.39, 0.29) is 0 Å². The quantitative estimate of drug-likeness (QED) is 0.643. The summed E-state index contributed by atoms with van der Waals surface area (Å²) in [6, 6.07) is 17.0. The van der Waals surface area contributed by atoms with Gasteiger partial charge in [0.05, 0.1) is 22.1 Å². The van der Waals surface area contributed by atoms with E-state index < -0.39 is 10.8 Å². The van der Waals surface area contributed by atoms with Crippen molar-refractivity contribution in [2.24, 2.45) is 0 Å². The molecule has 106 valence electrons. The van der Waals surface area contributed by atoms with E-state index in [1.54, 1.807) is 12.1 Å². The van der Waals surface area contributed by atoms with Crippen LogP contribution in [0.25, 0.3) is 10.9 Å².